The molecule has 3 rings (SSSR count). The molecule has 0 bridgehead atoms. The number of amides is 3. The van der Waals surface area contributed by atoms with Gasteiger partial charge in [-0.05, 0) is 26.2 Å². The number of carbonyl (C=O) groups excluding carboxylic acids is 3. The molecule has 3 amide bonds. The van der Waals surface area contributed by atoms with E-state index in [1.54, 1.807) is 17.9 Å². The van der Waals surface area contributed by atoms with Gasteiger partial charge in [-0.15, -0.1) is 0 Å². The van der Waals surface area contributed by atoms with Crippen molar-refractivity contribution in [3.8, 4) is 0 Å². The zero-order valence-electron chi connectivity index (χ0n) is 13.0. The molecule has 1 atom stereocenters. The summed E-state index contributed by atoms with van der Waals surface area (Å²) in [7, 11) is 0. The molecule has 0 aliphatic carbocycles. The first-order valence-electron chi connectivity index (χ1n) is 7.85. The highest BCUT2D eigenvalue weighted by atomic mass is 16.5. The molecule has 2 N–H and O–H groups in total. The molecule has 124 valence electrons. The average molecular weight is 320 g/mol. The highest BCUT2D eigenvalue weighted by molar-refractivity contribution is 5.93. The van der Waals surface area contributed by atoms with Crippen LogP contribution in [-0.2, 0) is 14.4 Å². The van der Waals surface area contributed by atoms with Crippen LogP contribution in [0.5, 0.6) is 0 Å². The van der Waals surface area contributed by atoms with Crippen LogP contribution in [-0.4, -0.2) is 46.9 Å². The number of hydrogen-bond acceptors (Lipinski definition) is 5. The Labute approximate surface area is 133 Å². The van der Waals surface area contributed by atoms with Gasteiger partial charge in [-0.1, -0.05) is 5.16 Å². The van der Waals surface area contributed by atoms with Crippen molar-refractivity contribution in [3.63, 3.8) is 0 Å². The molecule has 0 aromatic carbocycles. The summed E-state index contributed by atoms with van der Waals surface area (Å²) < 4.78 is 4.91. The Hall–Kier alpha value is -2.38. The Morgan fingerprint density at radius 2 is 2.09 bits per heavy atom. The molecular formula is C15H20N4O4. The second kappa shape index (κ2) is 6.39. The van der Waals surface area contributed by atoms with Gasteiger partial charge < -0.3 is 20.1 Å². The number of nitrogens with zero attached hydrogens (tertiary/aromatic N) is 2. The zero-order chi connectivity index (χ0) is 16.4. The molecule has 3 heterocycles. The van der Waals surface area contributed by atoms with Gasteiger partial charge >= 0.3 is 0 Å². The van der Waals surface area contributed by atoms with Gasteiger partial charge in [-0.25, -0.2) is 0 Å². The molecular weight excluding hydrogens is 300 g/mol. The first-order chi connectivity index (χ1) is 11.0. The number of likely N-dealkylation sites (tertiary alicyclic amines) is 1. The molecule has 0 spiro atoms. The van der Waals surface area contributed by atoms with Gasteiger partial charge in [-0.3, -0.25) is 14.4 Å². The fourth-order valence-corrected chi connectivity index (χ4v) is 3.04. The zero-order valence-corrected chi connectivity index (χ0v) is 13.0. The second-order valence-electron chi connectivity index (χ2n) is 6.07. The summed E-state index contributed by atoms with van der Waals surface area (Å²) >= 11 is 0. The molecule has 8 nitrogen and oxygen atoms in total. The number of rotatable bonds is 3. The van der Waals surface area contributed by atoms with E-state index in [0.717, 1.165) is 0 Å². The number of aromatic nitrogens is 1. The third kappa shape index (κ3) is 3.52. The number of aryl methyl sites for hydroxylation is 1. The third-order valence-corrected chi connectivity index (χ3v) is 4.35. The van der Waals surface area contributed by atoms with Crippen molar-refractivity contribution in [3.05, 3.63) is 11.8 Å². The number of nitrogens with one attached hydrogen (secondary N) is 2. The minimum Gasteiger partial charge on any atom is -0.360 e. The monoisotopic (exact) mass is 320 g/mol. The maximum absolute atomic E-state index is 12.3. The Morgan fingerprint density at radius 3 is 2.65 bits per heavy atom. The van der Waals surface area contributed by atoms with Gasteiger partial charge in [0, 0.05) is 31.5 Å². The van der Waals surface area contributed by atoms with Gasteiger partial charge in [0.1, 0.15) is 11.8 Å². The van der Waals surface area contributed by atoms with E-state index in [2.05, 4.69) is 15.8 Å². The first kappa shape index (κ1) is 15.5. The van der Waals surface area contributed by atoms with Crippen molar-refractivity contribution >= 4 is 23.5 Å². The molecule has 8 heteroatoms. The van der Waals surface area contributed by atoms with E-state index in [1.807, 2.05) is 0 Å². The fraction of sp³-hybridized carbons (Fsp3) is 0.600. The number of piperidine rings is 1. The molecule has 1 aromatic heterocycles. The largest absolute Gasteiger partial charge is 0.360 e. The summed E-state index contributed by atoms with van der Waals surface area (Å²) in [6, 6.07) is 1.27. The molecule has 0 radical (unpaired) electrons. The molecule has 1 aromatic rings. The quantitative estimate of drug-likeness (QED) is 0.841. The summed E-state index contributed by atoms with van der Waals surface area (Å²) in [5.41, 5.74) is 0. The third-order valence-electron chi connectivity index (χ3n) is 4.35. The summed E-state index contributed by atoms with van der Waals surface area (Å²) in [4.78, 5) is 37.4. The highest BCUT2D eigenvalue weighted by Gasteiger charge is 2.34. The summed E-state index contributed by atoms with van der Waals surface area (Å²) in [5, 5.41) is 9.17. The van der Waals surface area contributed by atoms with Crippen molar-refractivity contribution in [2.24, 2.45) is 5.92 Å². The molecule has 2 saturated heterocycles. The highest BCUT2D eigenvalue weighted by Crippen LogP contribution is 2.21. The van der Waals surface area contributed by atoms with Crippen LogP contribution < -0.4 is 10.6 Å². The topological polar surface area (TPSA) is 105 Å². The predicted molar refractivity (Wildman–Crippen MR) is 80.3 cm³/mol. The van der Waals surface area contributed by atoms with E-state index >= 15 is 0 Å². The number of hydrogen-bond donors (Lipinski definition) is 2. The van der Waals surface area contributed by atoms with Gasteiger partial charge in [0.25, 0.3) is 0 Å². The van der Waals surface area contributed by atoms with Crippen molar-refractivity contribution < 1.29 is 18.9 Å². The Bertz CT molecular complexity index is 619. The van der Waals surface area contributed by atoms with E-state index in [0.29, 0.717) is 50.4 Å². The lowest BCUT2D eigenvalue weighted by Gasteiger charge is -2.32. The molecule has 2 aliphatic heterocycles. The Morgan fingerprint density at radius 1 is 1.35 bits per heavy atom. The van der Waals surface area contributed by atoms with Gasteiger partial charge in [0.2, 0.25) is 17.7 Å². The smallest absolute Gasteiger partial charge is 0.245 e. The molecule has 2 fully saturated rings. The SMILES string of the molecule is Cc1cc(NC(=O)C2CCN(C(=O)C3CCC(=O)N3)CC2)no1. The van der Waals surface area contributed by atoms with Crippen LogP contribution in [0.2, 0.25) is 0 Å². The lowest BCUT2D eigenvalue weighted by Crippen LogP contribution is -2.48. The van der Waals surface area contributed by atoms with Crippen LogP contribution in [0.3, 0.4) is 0 Å². The van der Waals surface area contributed by atoms with E-state index in [-0.39, 0.29) is 23.6 Å². The molecule has 2 aliphatic rings. The van der Waals surface area contributed by atoms with Crippen molar-refractivity contribution in [2.75, 3.05) is 18.4 Å². The Kier molecular flexibility index (Phi) is 4.31. The van der Waals surface area contributed by atoms with E-state index in [1.165, 1.54) is 0 Å². The van der Waals surface area contributed by atoms with E-state index in [4.69, 9.17) is 4.52 Å². The van der Waals surface area contributed by atoms with Gasteiger partial charge in [0.05, 0.1) is 0 Å². The lowest BCUT2D eigenvalue weighted by molar-refractivity contribution is -0.137. The van der Waals surface area contributed by atoms with Crippen molar-refractivity contribution in [2.45, 2.75) is 38.6 Å². The summed E-state index contributed by atoms with van der Waals surface area (Å²) in [5.74, 6) is 0.704. The Balaban J connectivity index is 1.49. The van der Waals surface area contributed by atoms with Crippen LogP contribution in [0.15, 0.2) is 10.6 Å². The standard InChI is InChI=1S/C15H20N4O4/c1-9-8-12(18-23-9)17-14(21)10-4-6-19(7-5-10)15(22)11-2-3-13(20)16-11/h8,10-11H,2-7H2,1H3,(H,16,20)(H,17,18,21). The summed E-state index contributed by atoms with van der Waals surface area (Å²) in [6.07, 6.45) is 2.18. The lowest BCUT2D eigenvalue weighted by atomic mass is 9.95. The number of anilines is 1. The number of carbonyl (C=O) groups is 3. The average Bonchev–Trinajstić information content (AvgIpc) is 3.15. The minimum atomic E-state index is -0.397. The fourth-order valence-electron chi connectivity index (χ4n) is 3.04. The normalized spacial score (nSPS) is 22.0. The maximum Gasteiger partial charge on any atom is 0.245 e. The second-order valence-corrected chi connectivity index (χ2v) is 6.07. The van der Waals surface area contributed by atoms with Crippen LogP contribution in [0, 0.1) is 12.8 Å². The van der Waals surface area contributed by atoms with Gasteiger partial charge in [0.15, 0.2) is 5.82 Å². The molecule has 1 unspecified atom stereocenters. The van der Waals surface area contributed by atoms with Crippen LogP contribution in [0.25, 0.3) is 0 Å². The van der Waals surface area contributed by atoms with E-state index < -0.39 is 6.04 Å². The van der Waals surface area contributed by atoms with Crippen LogP contribution in [0.1, 0.15) is 31.4 Å². The van der Waals surface area contributed by atoms with Gasteiger partial charge in [-0.2, -0.15) is 0 Å². The minimum absolute atomic E-state index is 0.0400. The molecule has 0 saturated carbocycles. The van der Waals surface area contributed by atoms with Crippen molar-refractivity contribution in [1.29, 1.82) is 0 Å². The first-order valence-corrected chi connectivity index (χ1v) is 7.85. The molecule has 23 heavy (non-hydrogen) atoms. The van der Waals surface area contributed by atoms with E-state index in [9.17, 15) is 14.4 Å². The van der Waals surface area contributed by atoms with Crippen molar-refractivity contribution in [1.82, 2.24) is 15.4 Å². The maximum atomic E-state index is 12.3. The van der Waals surface area contributed by atoms with Crippen LogP contribution >= 0.6 is 0 Å². The summed E-state index contributed by atoms with van der Waals surface area (Å²) in [6.45, 7) is 2.82. The predicted octanol–water partition coefficient (Wildman–Crippen LogP) is 0.439. The van der Waals surface area contributed by atoms with Crippen LogP contribution in [0.4, 0.5) is 5.82 Å².